The minimum atomic E-state index is -1.14. The molecule has 3 N–H and O–H groups in total. The fourth-order valence-corrected chi connectivity index (χ4v) is 6.35. The monoisotopic (exact) mass is 595 g/mol. The third kappa shape index (κ3) is 7.16. The van der Waals surface area contributed by atoms with Crippen LogP contribution in [-0.2, 0) is 4.79 Å². The van der Waals surface area contributed by atoms with E-state index in [2.05, 4.69) is 10.2 Å². The molecule has 0 spiro atoms. The molecule has 0 saturated carbocycles. The molecule has 4 rings (SSSR count). The molecule has 2 aromatic rings. The zero-order chi connectivity index (χ0) is 29.7. The summed E-state index contributed by atoms with van der Waals surface area (Å²) in [5.74, 6) is 0.0180. The predicted molar refractivity (Wildman–Crippen MR) is 165 cm³/mol. The highest BCUT2D eigenvalue weighted by Crippen LogP contribution is 2.45. The molecule has 1 atom stereocenters. The molecule has 0 radical (unpaired) electrons. The van der Waals surface area contributed by atoms with Crippen LogP contribution in [0, 0.1) is 0 Å². The maximum Gasteiger partial charge on any atom is 0.336 e. The van der Waals surface area contributed by atoms with E-state index in [1.165, 1.54) is 27.7 Å². The van der Waals surface area contributed by atoms with Crippen molar-refractivity contribution in [2.45, 2.75) is 12.5 Å². The Morgan fingerprint density at radius 2 is 1.71 bits per heavy atom. The van der Waals surface area contributed by atoms with Crippen molar-refractivity contribution >= 4 is 50.7 Å². The second-order valence-corrected chi connectivity index (χ2v) is 12.6. The zero-order valence-electron chi connectivity index (χ0n) is 23.3. The topological polar surface area (TPSA) is 119 Å². The van der Waals surface area contributed by atoms with Gasteiger partial charge in [0.15, 0.2) is 0 Å². The fourth-order valence-electron chi connectivity index (χ4n) is 4.46. The van der Waals surface area contributed by atoms with Crippen LogP contribution in [0.1, 0.15) is 38.3 Å². The van der Waals surface area contributed by atoms with E-state index in [0.29, 0.717) is 35.1 Å². The van der Waals surface area contributed by atoms with Gasteiger partial charge in [0.25, 0.3) is 5.91 Å². The van der Waals surface area contributed by atoms with Gasteiger partial charge in [-0.3, -0.25) is 14.5 Å². The Kier molecular flexibility index (Phi) is 9.85. The third-order valence-corrected chi connectivity index (χ3v) is 9.03. The van der Waals surface area contributed by atoms with Crippen LogP contribution < -0.4 is 15.0 Å². The lowest BCUT2D eigenvalue weighted by molar-refractivity contribution is -0.136. The minimum Gasteiger partial charge on any atom is -0.481 e. The summed E-state index contributed by atoms with van der Waals surface area (Å²) in [6, 6.07) is 10.6. The Balaban J connectivity index is 1.66. The molecular formula is C30H33N3O6S2. The van der Waals surface area contributed by atoms with Gasteiger partial charge in [0.05, 0.1) is 12.0 Å². The molecule has 1 heterocycles. The summed E-state index contributed by atoms with van der Waals surface area (Å²) in [4.78, 5) is 40.0. The van der Waals surface area contributed by atoms with Crippen molar-refractivity contribution in [3.05, 3.63) is 88.2 Å². The van der Waals surface area contributed by atoms with Gasteiger partial charge in [-0.25, -0.2) is 4.79 Å². The van der Waals surface area contributed by atoms with Gasteiger partial charge in [-0.15, -0.1) is 0 Å². The number of carbonyl (C=O) groups is 3. The van der Waals surface area contributed by atoms with Gasteiger partial charge in [0, 0.05) is 72.2 Å². The number of aromatic carboxylic acids is 1. The van der Waals surface area contributed by atoms with Crippen molar-refractivity contribution in [3.63, 3.8) is 0 Å². The van der Waals surface area contributed by atoms with Crippen LogP contribution in [0.5, 0.6) is 5.75 Å². The van der Waals surface area contributed by atoms with E-state index in [9.17, 15) is 19.5 Å². The first kappa shape index (κ1) is 30.3. The molecule has 0 fully saturated rings. The Bertz CT molecular complexity index is 1450. The highest BCUT2D eigenvalue weighted by atomic mass is 33.1. The Hall–Kier alpha value is -3.67. The molecule has 0 bridgehead atoms. The number of rotatable bonds is 12. The van der Waals surface area contributed by atoms with Gasteiger partial charge in [-0.2, -0.15) is 0 Å². The molecule has 41 heavy (non-hydrogen) atoms. The normalized spacial score (nSPS) is 15.5. The second kappa shape index (κ2) is 13.3. The van der Waals surface area contributed by atoms with Crippen LogP contribution in [0.15, 0.2) is 66.0 Å². The molecule has 2 aliphatic rings. The van der Waals surface area contributed by atoms with Crippen molar-refractivity contribution in [1.29, 1.82) is 0 Å². The zero-order valence-corrected chi connectivity index (χ0v) is 25.0. The average molecular weight is 596 g/mol. The molecule has 1 aliphatic heterocycles. The largest absolute Gasteiger partial charge is 0.481 e. The van der Waals surface area contributed by atoms with Gasteiger partial charge in [0.2, 0.25) is 0 Å². The van der Waals surface area contributed by atoms with Crippen LogP contribution in [0.25, 0.3) is 5.57 Å². The van der Waals surface area contributed by atoms with E-state index >= 15 is 0 Å². The SMILES string of the molecule is CN(C)c1ccc2c(c1)OC1=CC(N(C)C)C=CC1=C2c1ccc(C(=O)NCCSSCCC(=O)O)cc1C(=O)O. The quantitative estimate of drug-likeness (QED) is 0.237. The molecule has 9 nitrogen and oxygen atoms in total. The second-order valence-electron chi connectivity index (χ2n) is 9.92. The summed E-state index contributed by atoms with van der Waals surface area (Å²) in [5, 5.41) is 21.8. The number of likely N-dealkylation sites (N-methyl/N-ethyl adjacent to an activating group) is 1. The third-order valence-electron chi connectivity index (χ3n) is 6.62. The first-order chi connectivity index (χ1) is 19.6. The number of allylic oxidation sites excluding steroid dienone is 1. The van der Waals surface area contributed by atoms with Crippen LogP contribution in [-0.4, -0.2) is 85.2 Å². The van der Waals surface area contributed by atoms with Crippen molar-refractivity contribution in [2.75, 3.05) is 51.1 Å². The number of carboxylic acids is 2. The lowest BCUT2D eigenvalue weighted by Crippen LogP contribution is -2.28. The van der Waals surface area contributed by atoms with Crippen LogP contribution in [0.3, 0.4) is 0 Å². The summed E-state index contributed by atoms with van der Waals surface area (Å²) < 4.78 is 6.37. The highest BCUT2D eigenvalue weighted by Gasteiger charge is 2.30. The molecule has 216 valence electrons. The minimum absolute atomic E-state index is 0.0192. The Morgan fingerprint density at radius 1 is 0.976 bits per heavy atom. The number of nitrogens with one attached hydrogen (secondary N) is 1. The maximum absolute atomic E-state index is 12.9. The predicted octanol–water partition coefficient (Wildman–Crippen LogP) is 4.61. The van der Waals surface area contributed by atoms with Gasteiger partial charge in [0.1, 0.15) is 11.5 Å². The van der Waals surface area contributed by atoms with E-state index in [1.54, 1.807) is 12.1 Å². The van der Waals surface area contributed by atoms with Crippen molar-refractivity contribution in [3.8, 4) is 5.75 Å². The number of hydrogen-bond acceptors (Lipinski definition) is 8. The maximum atomic E-state index is 12.9. The summed E-state index contributed by atoms with van der Waals surface area (Å²) in [7, 11) is 10.8. The first-order valence-electron chi connectivity index (χ1n) is 13.0. The summed E-state index contributed by atoms with van der Waals surface area (Å²) in [6.07, 6.45) is 6.11. The summed E-state index contributed by atoms with van der Waals surface area (Å²) in [6.45, 7) is 0.369. The van der Waals surface area contributed by atoms with E-state index < -0.39 is 11.9 Å². The van der Waals surface area contributed by atoms with E-state index in [0.717, 1.165) is 22.4 Å². The summed E-state index contributed by atoms with van der Waals surface area (Å²) >= 11 is 0. The number of nitrogens with zero attached hydrogens (tertiary/aromatic N) is 2. The van der Waals surface area contributed by atoms with Gasteiger partial charge in [-0.05, 0) is 50.0 Å². The number of benzene rings is 2. The molecular weight excluding hydrogens is 562 g/mol. The van der Waals surface area contributed by atoms with Crippen LogP contribution in [0.2, 0.25) is 0 Å². The number of carbonyl (C=O) groups excluding carboxylic acids is 1. The summed E-state index contributed by atoms with van der Waals surface area (Å²) in [5.41, 5.74) is 4.00. The van der Waals surface area contributed by atoms with Gasteiger partial charge >= 0.3 is 11.9 Å². The standard InChI is InChI=1S/C30H33N3O6S2/c1-32(2)19-6-9-22-25(16-19)39-26-17-20(33(3)4)7-10-23(26)28(22)21-8-5-18(15-24(21)30(37)38)29(36)31-12-14-41-40-13-11-27(34)35/h5-10,15-17,19H,11-14H2,1-4H3,(H,31,36)(H,34,35)(H,37,38). The lowest BCUT2D eigenvalue weighted by Gasteiger charge is -2.31. The smallest absolute Gasteiger partial charge is 0.336 e. The molecule has 1 unspecified atom stereocenters. The molecule has 0 saturated heterocycles. The first-order valence-corrected chi connectivity index (χ1v) is 15.5. The fraction of sp³-hybridized carbons (Fsp3) is 0.300. The number of aliphatic carboxylic acids is 1. The molecule has 1 aliphatic carbocycles. The Morgan fingerprint density at radius 3 is 2.39 bits per heavy atom. The highest BCUT2D eigenvalue weighted by molar-refractivity contribution is 8.76. The number of fused-ring (bicyclic) bond motifs is 2. The molecule has 11 heteroatoms. The number of amides is 1. The number of anilines is 1. The average Bonchev–Trinajstić information content (AvgIpc) is 2.94. The van der Waals surface area contributed by atoms with E-state index in [-0.39, 0.29) is 29.5 Å². The van der Waals surface area contributed by atoms with Crippen LogP contribution in [0.4, 0.5) is 5.69 Å². The van der Waals surface area contributed by atoms with E-state index in [1.807, 2.05) is 69.5 Å². The van der Waals surface area contributed by atoms with Crippen molar-refractivity contribution < 1.29 is 29.3 Å². The number of hydrogen-bond donors (Lipinski definition) is 3. The molecule has 1 amide bonds. The van der Waals surface area contributed by atoms with E-state index in [4.69, 9.17) is 9.84 Å². The van der Waals surface area contributed by atoms with Gasteiger partial charge < -0.3 is 25.2 Å². The van der Waals surface area contributed by atoms with Crippen molar-refractivity contribution in [1.82, 2.24) is 10.2 Å². The molecule has 0 aromatic heterocycles. The number of ether oxygens (including phenoxy) is 1. The van der Waals surface area contributed by atoms with Gasteiger partial charge in [-0.1, -0.05) is 39.8 Å². The van der Waals surface area contributed by atoms with Crippen LogP contribution >= 0.6 is 21.6 Å². The Labute approximate surface area is 247 Å². The lowest BCUT2D eigenvalue weighted by atomic mass is 9.84. The van der Waals surface area contributed by atoms with Crippen molar-refractivity contribution in [2.24, 2.45) is 0 Å². The number of carboxylic acid groups (broad SMARTS) is 2. The molecule has 2 aromatic carbocycles.